The van der Waals surface area contributed by atoms with Crippen molar-refractivity contribution < 1.29 is 13.2 Å². The molecule has 2 heterocycles. The molecule has 1 aliphatic carbocycles. The Morgan fingerprint density at radius 2 is 2.13 bits per heavy atom. The summed E-state index contributed by atoms with van der Waals surface area (Å²) in [5.74, 6) is 0.431. The fourth-order valence-electron chi connectivity index (χ4n) is 2.75. The third kappa shape index (κ3) is 2.17. The smallest absolute Gasteiger partial charge is 0.237 e. The van der Waals surface area contributed by atoms with Gasteiger partial charge in [-0.25, -0.2) is 13.4 Å². The second-order valence-electron chi connectivity index (χ2n) is 5.86. The fraction of sp³-hybridized carbons (Fsp3) is 0.267. The maximum absolute atomic E-state index is 12.4. The van der Waals surface area contributed by atoms with Gasteiger partial charge in [0, 0.05) is 11.5 Å². The molecule has 7 nitrogen and oxygen atoms in total. The van der Waals surface area contributed by atoms with Gasteiger partial charge < -0.3 is 0 Å². The number of nitrogens with zero attached hydrogens (tertiary/aromatic N) is 2. The highest BCUT2D eigenvalue weighted by Gasteiger charge is 2.46. The summed E-state index contributed by atoms with van der Waals surface area (Å²) in [5, 5.41) is 9.84. The number of rotatable bonds is 3. The van der Waals surface area contributed by atoms with Crippen molar-refractivity contribution in [2.75, 3.05) is 6.54 Å². The number of hydrogen-bond acceptors (Lipinski definition) is 4. The van der Waals surface area contributed by atoms with E-state index in [1.54, 1.807) is 12.1 Å². The van der Waals surface area contributed by atoms with Crippen molar-refractivity contribution in [3.63, 3.8) is 0 Å². The van der Waals surface area contributed by atoms with E-state index in [1.807, 2.05) is 12.1 Å². The van der Waals surface area contributed by atoms with Crippen LogP contribution in [-0.4, -0.2) is 30.2 Å². The second-order valence-corrected chi connectivity index (χ2v) is 7.54. The quantitative estimate of drug-likeness (QED) is 0.839. The lowest BCUT2D eigenvalue weighted by Crippen LogP contribution is -2.35. The lowest BCUT2D eigenvalue weighted by Gasteiger charge is -2.09. The third-order valence-corrected chi connectivity index (χ3v) is 5.73. The molecule has 2 aliphatic rings. The van der Waals surface area contributed by atoms with E-state index in [4.69, 9.17) is 5.26 Å². The highest BCUT2D eigenvalue weighted by Crippen LogP contribution is 2.37. The van der Waals surface area contributed by atoms with Gasteiger partial charge in [-0.15, -0.1) is 0 Å². The number of fused-ring (bicyclic) bond motifs is 3. The minimum absolute atomic E-state index is 0.0755. The first-order chi connectivity index (χ1) is 10.9. The van der Waals surface area contributed by atoms with E-state index in [1.165, 1.54) is 12.1 Å². The molecule has 4 rings (SSSR count). The van der Waals surface area contributed by atoms with Gasteiger partial charge in [0.2, 0.25) is 10.0 Å². The molecule has 1 aromatic carbocycles. The molecule has 1 aliphatic heterocycles. The fourth-order valence-corrected chi connectivity index (χ4v) is 4.15. The number of nitrogens with one attached hydrogen (secondary N) is 2. The van der Waals surface area contributed by atoms with Crippen LogP contribution in [0.25, 0.3) is 17.0 Å². The minimum Gasteiger partial charge on any atom is -0.237 e. The molecule has 23 heavy (non-hydrogen) atoms. The number of nitroso groups, excluding NO2 is 1. The van der Waals surface area contributed by atoms with E-state index in [-0.39, 0.29) is 11.4 Å². The number of H-pyrrole nitrogens is 1. The molecule has 0 spiro atoms. The molecule has 8 heteroatoms. The molecule has 0 atom stereocenters. The zero-order chi connectivity index (χ0) is 16.2. The molecule has 1 saturated carbocycles. The van der Waals surface area contributed by atoms with Crippen LogP contribution < -0.4 is 4.72 Å². The minimum atomic E-state index is -3.78. The van der Waals surface area contributed by atoms with Crippen molar-refractivity contribution in [1.29, 1.82) is 5.26 Å². The molecule has 0 bridgehead atoms. The molecule has 2 N–H and O–H groups in total. The number of nitriles is 1. The lowest BCUT2D eigenvalue weighted by atomic mass is 10.1. The normalized spacial score (nSPS) is 18.7. The van der Waals surface area contributed by atoms with Crippen LogP contribution in [0, 0.1) is 16.2 Å². The first-order valence-corrected chi connectivity index (χ1v) is 8.65. The Kier molecular flexibility index (Phi) is 2.76. The third-order valence-electron chi connectivity index (χ3n) is 4.20. The van der Waals surface area contributed by atoms with Gasteiger partial charge in [0.05, 0.1) is 16.5 Å². The lowest BCUT2D eigenvalue weighted by molar-refractivity contribution is -0.456. The van der Waals surface area contributed by atoms with E-state index in [2.05, 4.69) is 9.71 Å². The van der Waals surface area contributed by atoms with Gasteiger partial charge in [0.1, 0.15) is 11.1 Å². The summed E-state index contributed by atoms with van der Waals surface area (Å²) in [7, 11) is -3.78. The Labute approximate surface area is 132 Å². The average Bonchev–Trinajstić information content (AvgIpc) is 3.18. The van der Waals surface area contributed by atoms with E-state index in [0.29, 0.717) is 24.2 Å². The van der Waals surface area contributed by atoms with Crippen LogP contribution in [0.15, 0.2) is 29.2 Å². The number of benzene rings is 1. The second kappa shape index (κ2) is 4.50. The number of aromatic nitrogens is 1. The van der Waals surface area contributed by atoms with Crippen LogP contribution in [0.2, 0.25) is 0 Å². The van der Waals surface area contributed by atoms with Crippen LogP contribution >= 0.6 is 0 Å². The van der Waals surface area contributed by atoms with E-state index >= 15 is 0 Å². The van der Waals surface area contributed by atoms with Crippen molar-refractivity contribution in [2.24, 2.45) is 0 Å². The Morgan fingerprint density at radius 3 is 2.83 bits per heavy atom. The maximum atomic E-state index is 12.4. The zero-order valence-electron chi connectivity index (χ0n) is 12.0. The molecule has 2 aromatic rings. The maximum Gasteiger partial charge on any atom is 0.327 e. The van der Waals surface area contributed by atoms with Gasteiger partial charge in [-0.1, -0.05) is 4.91 Å². The summed E-state index contributed by atoms with van der Waals surface area (Å²) in [5.41, 5.74) is 0.373. The van der Waals surface area contributed by atoms with Crippen molar-refractivity contribution >= 4 is 32.8 Å². The van der Waals surface area contributed by atoms with E-state index < -0.39 is 15.6 Å². The molecule has 1 fully saturated rings. The van der Waals surface area contributed by atoms with Crippen molar-refractivity contribution in [2.45, 2.75) is 23.3 Å². The summed E-state index contributed by atoms with van der Waals surface area (Å²) >= 11 is 0. The number of aromatic amines is 1. The standard InChI is InChI=1S/C15H13N4O3S/c16-9-15(5-6-15)18-23(21,22)10-3-4-11-12-2-1-7-19(20)14(12)17-13(11)8-10/h1-4,8,17-18H,5-7H2/q+1. The summed E-state index contributed by atoms with van der Waals surface area (Å²) in [6.45, 7) is 0.261. The number of hydrogen-bond donors (Lipinski definition) is 2. The first kappa shape index (κ1) is 14.1. The van der Waals surface area contributed by atoms with Crippen LogP contribution in [0.1, 0.15) is 18.4 Å². The molecule has 1 aromatic heterocycles. The molecule has 0 amide bonds. The van der Waals surface area contributed by atoms with Crippen LogP contribution in [0.3, 0.4) is 0 Å². The highest BCUT2D eigenvalue weighted by atomic mass is 32.2. The van der Waals surface area contributed by atoms with Gasteiger partial charge in [0.15, 0.2) is 6.54 Å². The molecule has 0 radical (unpaired) electrons. The summed E-state index contributed by atoms with van der Waals surface area (Å²) < 4.78 is 28.2. The van der Waals surface area contributed by atoms with Crippen molar-refractivity contribution in [3.8, 4) is 6.07 Å². The average molecular weight is 329 g/mol. The first-order valence-electron chi connectivity index (χ1n) is 7.16. The molecular formula is C15H13N4O3S+. The predicted octanol–water partition coefficient (Wildman–Crippen LogP) is 1.94. The van der Waals surface area contributed by atoms with Gasteiger partial charge in [-0.2, -0.15) is 9.98 Å². The largest absolute Gasteiger partial charge is 0.327 e. The predicted molar refractivity (Wildman–Crippen MR) is 83.4 cm³/mol. The van der Waals surface area contributed by atoms with Gasteiger partial charge in [-0.3, -0.25) is 0 Å². The van der Waals surface area contributed by atoms with Gasteiger partial charge in [0.25, 0.3) is 0 Å². The van der Waals surface area contributed by atoms with E-state index in [9.17, 15) is 13.3 Å². The van der Waals surface area contributed by atoms with Crippen LogP contribution in [-0.2, 0) is 10.0 Å². The summed E-state index contributed by atoms with van der Waals surface area (Å²) in [4.78, 5) is 14.9. The monoisotopic (exact) mass is 329 g/mol. The molecule has 0 unspecified atom stereocenters. The Hall–Kier alpha value is -2.50. The zero-order valence-corrected chi connectivity index (χ0v) is 12.9. The van der Waals surface area contributed by atoms with Crippen molar-refractivity contribution in [1.82, 2.24) is 9.71 Å². The molecule has 0 saturated heterocycles. The Morgan fingerprint density at radius 1 is 1.35 bits per heavy atom. The molecule has 116 valence electrons. The Bertz CT molecular complexity index is 1020. The highest BCUT2D eigenvalue weighted by molar-refractivity contribution is 7.89. The van der Waals surface area contributed by atoms with E-state index in [0.717, 1.165) is 15.7 Å². The van der Waals surface area contributed by atoms with Gasteiger partial charge >= 0.3 is 5.82 Å². The van der Waals surface area contributed by atoms with Crippen LogP contribution in [0.5, 0.6) is 0 Å². The van der Waals surface area contributed by atoms with Gasteiger partial charge in [-0.05, 0) is 41.9 Å². The summed E-state index contributed by atoms with van der Waals surface area (Å²) in [6.07, 6.45) is 4.66. The van der Waals surface area contributed by atoms with Crippen molar-refractivity contribution in [3.05, 3.63) is 34.7 Å². The molecular weight excluding hydrogens is 316 g/mol. The number of sulfonamides is 1. The summed E-state index contributed by atoms with van der Waals surface area (Å²) in [6, 6.07) is 6.66. The topological polar surface area (TPSA) is 106 Å². The van der Waals surface area contributed by atoms with Crippen LogP contribution in [0.4, 0.5) is 5.82 Å². The Balaban J connectivity index is 1.80. The SMILES string of the molecule is N#CC1(NS(=O)(=O)c2ccc3c4c([nH]c3c2)[N+](=O)CC=C4)CC1.